The van der Waals surface area contributed by atoms with E-state index >= 15 is 0 Å². The maximum absolute atomic E-state index is 5.78. The molecule has 0 spiro atoms. The quantitative estimate of drug-likeness (QED) is 0.882. The lowest BCUT2D eigenvalue weighted by molar-refractivity contribution is 0.322. The maximum Gasteiger partial charge on any atom is 0.119 e. The van der Waals surface area contributed by atoms with E-state index < -0.39 is 0 Å². The van der Waals surface area contributed by atoms with Crippen molar-refractivity contribution < 1.29 is 4.74 Å². The summed E-state index contributed by atoms with van der Waals surface area (Å²) in [5.74, 6) is 0.913. The molecule has 4 heteroatoms. The predicted molar refractivity (Wildman–Crippen MR) is 79.8 cm³/mol. The van der Waals surface area contributed by atoms with Crippen LogP contribution in [0, 0.1) is 6.92 Å². The third-order valence-corrected chi connectivity index (χ3v) is 3.92. The van der Waals surface area contributed by atoms with Crippen molar-refractivity contribution >= 4 is 11.3 Å². The Morgan fingerprint density at radius 3 is 2.63 bits per heavy atom. The molecule has 2 N–H and O–H groups in total. The van der Waals surface area contributed by atoms with Gasteiger partial charge >= 0.3 is 0 Å². The van der Waals surface area contributed by atoms with Gasteiger partial charge in [-0.1, -0.05) is 12.1 Å². The highest BCUT2D eigenvalue weighted by Gasteiger charge is 2.02. The Bertz CT molecular complexity index is 505. The van der Waals surface area contributed by atoms with E-state index in [9.17, 15) is 0 Å². The molecule has 1 atom stereocenters. The third-order valence-electron chi connectivity index (χ3n) is 2.92. The fourth-order valence-corrected chi connectivity index (χ4v) is 2.68. The van der Waals surface area contributed by atoms with E-state index in [0.29, 0.717) is 6.61 Å². The van der Waals surface area contributed by atoms with Crippen molar-refractivity contribution in [2.75, 3.05) is 6.61 Å². The minimum absolute atomic E-state index is 0.195. The SMILES string of the molecule is Cc1ncsc1CCOc1ccc(CC(C)N)cc1. The molecule has 102 valence electrons. The Kier molecular flexibility index (Phi) is 4.93. The summed E-state index contributed by atoms with van der Waals surface area (Å²) in [5, 5.41) is 0. The second-order valence-electron chi connectivity index (χ2n) is 4.78. The summed E-state index contributed by atoms with van der Waals surface area (Å²) in [5.41, 5.74) is 10.0. The molecule has 2 aromatic rings. The molecule has 1 heterocycles. The molecule has 0 bridgehead atoms. The average Bonchev–Trinajstić information content (AvgIpc) is 2.77. The summed E-state index contributed by atoms with van der Waals surface area (Å²) < 4.78 is 5.74. The Labute approximate surface area is 118 Å². The number of aromatic nitrogens is 1. The molecule has 0 fully saturated rings. The molecule has 19 heavy (non-hydrogen) atoms. The van der Waals surface area contributed by atoms with Gasteiger partial charge in [0.25, 0.3) is 0 Å². The van der Waals surface area contributed by atoms with Crippen LogP contribution in [0.2, 0.25) is 0 Å². The van der Waals surface area contributed by atoms with Crippen LogP contribution in [0.25, 0.3) is 0 Å². The highest BCUT2D eigenvalue weighted by atomic mass is 32.1. The van der Waals surface area contributed by atoms with Gasteiger partial charge in [-0.15, -0.1) is 11.3 Å². The number of thiazole rings is 1. The number of nitrogens with zero attached hydrogens (tertiary/aromatic N) is 1. The monoisotopic (exact) mass is 276 g/mol. The minimum Gasteiger partial charge on any atom is -0.493 e. The molecule has 3 nitrogen and oxygen atoms in total. The van der Waals surface area contributed by atoms with Crippen molar-refractivity contribution in [1.29, 1.82) is 0 Å². The Hall–Kier alpha value is -1.39. The predicted octanol–water partition coefficient (Wildman–Crippen LogP) is 2.96. The topological polar surface area (TPSA) is 48.1 Å². The van der Waals surface area contributed by atoms with Crippen LogP contribution >= 0.6 is 11.3 Å². The van der Waals surface area contributed by atoms with Crippen molar-refractivity contribution in [2.45, 2.75) is 32.7 Å². The molecule has 0 saturated carbocycles. The van der Waals surface area contributed by atoms with Gasteiger partial charge in [-0.2, -0.15) is 0 Å². The van der Waals surface area contributed by atoms with Gasteiger partial charge in [0, 0.05) is 17.3 Å². The molecule has 0 saturated heterocycles. The number of nitrogens with two attached hydrogens (primary N) is 1. The summed E-state index contributed by atoms with van der Waals surface area (Å²) in [6.45, 7) is 4.74. The number of hydrogen-bond donors (Lipinski definition) is 1. The van der Waals surface area contributed by atoms with Gasteiger partial charge in [0.1, 0.15) is 5.75 Å². The smallest absolute Gasteiger partial charge is 0.119 e. The lowest BCUT2D eigenvalue weighted by Crippen LogP contribution is -2.17. The van der Waals surface area contributed by atoms with Crippen molar-refractivity contribution in [3.05, 3.63) is 45.9 Å². The Morgan fingerprint density at radius 1 is 1.32 bits per heavy atom. The first-order valence-electron chi connectivity index (χ1n) is 6.51. The van der Waals surface area contributed by atoms with Gasteiger partial charge in [-0.05, 0) is 38.0 Å². The van der Waals surface area contributed by atoms with Crippen LogP contribution in [-0.2, 0) is 12.8 Å². The Balaban J connectivity index is 1.81. The maximum atomic E-state index is 5.78. The van der Waals surface area contributed by atoms with E-state index in [-0.39, 0.29) is 6.04 Å². The van der Waals surface area contributed by atoms with Crippen molar-refractivity contribution in [3.63, 3.8) is 0 Å². The average molecular weight is 276 g/mol. The summed E-state index contributed by atoms with van der Waals surface area (Å²) in [6, 6.07) is 8.38. The molecule has 1 unspecified atom stereocenters. The number of ether oxygens (including phenoxy) is 1. The van der Waals surface area contributed by atoms with E-state index in [4.69, 9.17) is 10.5 Å². The molecular weight excluding hydrogens is 256 g/mol. The molecule has 1 aromatic heterocycles. The largest absolute Gasteiger partial charge is 0.493 e. The van der Waals surface area contributed by atoms with Gasteiger partial charge in [-0.3, -0.25) is 0 Å². The normalized spacial score (nSPS) is 12.4. The summed E-state index contributed by atoms with van der Waals surface area (Å²) in [6.07, 6.45) is 1.82. The van der Waals surface area contributed by atoms with Gasteiger partial charge in [0.2, 0.25) is 0 Å². The molecule has 0 aliphatic carbocycles. The summed E-state index contributed by atoms with van der Waals surface area (Å²) >= 11 is 1.69. The molecule has 0 aliphatic rings. The zero-order chi connectivity index (χ0) is 13.7. The lowest BCUT2D eigenvalue weighted by Gasteiger charge is -2.08. The number of rotatable bonds is 6. The van der Waals surface area contributed by atoms with E-state index in [0.717, 1.165) is 24.3 Å². The fourth-order valence-electron chi connectivity index (χ4n) is 1.92. The molecule has 0 amide bonds. The van der Waals surface area contributed by atoms with Crippen LogP contribution in [-0.4, -0.2) is 17.6 Å². The number of benzene rings is 1. The first-order chi connectivity index (χ1) is 9.15. The first kappa shape index (κ1) is 14.0. The molecule has 1 aromatic carbocycles. The van der Waals surface area contributed by atoms with E-state index in [1.807, 2.05) is 31.5 Å². The Morgan fingerprint density at radius 2 is 2.05 bits per heavy atom. The zero-order valence-corrected chi connectivity index (χ0v) is 12.2. The van der Waals surface area contributed by atoms with Gasteiger partial charge in [0.05, 0.1) is 17.8 Å². The van der Waals surface area contributed by atoms with Gasteiger partial charge in [-0.25, -0.2) is 4.98 Å². The first-order valence-corrected chi connectivity index (χ1v) is 7.39. The van der Waals surface area contributed by atoms with E-state index in [1.165, 1.54) is 10.4 Å². The van der Waals surface area contributed by atoms with Crippen LogP contribution in [0.4, 0.5) is 0 Å². The molecular formula is C15H20N2OS. The molecule has 0 aliphatic heterocycles. The van der Waals surface area contributed by atoms with Crippen molar-refractivity contribution in [2.24, 2.45) is 5.73 Å². The van der Waals surface area contributed by atoms with Crippen LogP contribution < -0.4 is 10.5 Å². The summed E-state index contributed by atoms with van der Waals surface area (Å²) in [4.78, 5) is 5.53. The van der Waals surface area contributed by atoms with Gasteiger partial charge < -0.3 is 10.5 Å². The van der Waals surface area contributed by atoms with Crippen LogP contribution in [0.1, 0.15) is 23.1 Å². The number of hydrogen-bond acceptors (Lipinski definition) is 4. The highest BCUT2D eigenvalue weighted by molar-refractivity contribution is 7.09. The van der Waals surface area contributed by atoms with Gasteiger partial charge in [0.15, 0.2) is 0 Å². The second kappa shape index (κ2) is 6.68. The van der Waals surface area contributed by atoms with E-state index in [1.54, 1.807) is 11.3 Å². The molecule has 2 rings (SSSR count). The van der Waals surface area contributed by atoms with Crippen molar-refractivity contribution in [1.82, 2.24) is 4.98 Å². The zero-order valence-electron chi connectivity index (χ0n) is 11.4. The van der Waals surface area contributed by atoms with Crippen LogP contribution in [0.15, 0.2) is 29.8 Å². The van der Waals surface area contributed by atoms with E-state index in [2.05, 4.69) is 17.1 Å². The van der Waals surface area contributed by atoms with Crippen molar-refractivity contribution in [3.8, 4) is 5.75 Å². The van der Waals surface area contributed by atoms with Crippen LogP contribution in [0.5, 0.6) is 5.75 Å². The van der Waals surface area contributed by atoms with Crippen LogP contribution in [0.3, 0.4) is 0 Å². The summed E-state index contributed by atoms with van der Waals surface area (Å²) in [7, 11) is 0. The third kappa shape index (κ3) is 4.33. The number of aryl methyl sites for hydroxylation is 1. The lowest BCUT2D eigenvalue weighted by atomic mass is 10.1. The minimum atomic E-state index is 0.195. The molecule has 0 radical (unpaired) electrons. The fraction of sp³-hybridized carbons (Fsp3) is 0.400. The second-order valence-corrected chi connectivity index (χ2v) is 5.72. The standard InChI is InChI=1S/C15H20N2OS/c1-11(16)9-13-3-5-14(6-4-13)18-8-7-15-12(2)17-10-19-15/h3-6,10-11H,7-9,16H2,1-2H3. The highest BCUT2D eigenvalue weighted by Crippen LogP contribution is 2.16.